The third-order valence-corrected chi connectivity index (χ3v) is 2.72. The third-order valence-electron chi connectivity index (χ3n) is 2.41. The zero-order valence-corrected chi connectivity index (χ0v) is 9.86. The number of anilines is 1. The third kappa shape index (κ3) is 2.91. The van der Waals surface area contributed by atoms with E-state index >= 15 is 0 Å². The topological polar surface area (TPSA) is 26.0 Å². The molecule has 1 aromatic carbocycles. The first-order chi connectivity index (χ1) is 6.50. The van der Waals surface area contributed by atoms with Gasteiger partial charge in [-0.3, -0.25) is 0 Å². The van der Waals surface area contributed by atoms with Crippen molar-refractivity contribution in [2.45, 2.75) is 33.6 Å². The van der Waals surface area contributed by atoms with E-state index < -0.39 is 0 Å². The van der Waals surface area contributed by atoms with E-state index in [9.17, 15) is 0 Å². The predicted octanol–water partition coefficient (Wildman–Crippen LogP) is 3.82. The van der Waals surface area contributed by atoms with Crippen molar-refractivity contribution < 1.29 is 0 Å². The molecule has 0 saturated heterocycles. The van der Waals surface area contributed by atoms with Gasteiger partial charge in [0, 0.05) is 0 Å². The Morgan fingerprint density at radius 3 is 2.50 bits per heavy atom. The van der Waals surface area contributed by atoms with Crippen molar-refractivity contribution in [2.75, 3.05) is 5.73 Å². The quantitative estimate of drug-likeness (QED) is 0.756. The van der Waals surface area contributed by atoms with Crippen LogP contribution < -0.4 is 5.73 Å². The molecule has 0 radical (unpaired) electrons. The fraction of sp³-hybridized carbons (Fsp3) is 0.500. The SMILES string of the molecule is Cc1cc(CCC(C)C)cc(Cl)c1N. The van der Waals surface area contributed by atoms with Crippen LogP contribution in [0.5, 0.6) is 0 Å². The Kier molecular flexibility index (Phi) is 3.82. The van der Waals surface area contributed by atoms with Crippen molar-refractivity contribution in [3.8, 4) is 0 Å². The zero-order valence-electron chi connectivity index (χ0n) is 9.10. The maximum Gasteiger partial charge on any atom is 0.0640 e. The fourth-order valence-corrected chi connectivity index (χ4v) is 1.72. The van der Waals surface area contributed by atoms with E-state index in [1.54, 1.807) is 0 Å². The molecule has 0 aliphatic heterocycles. The van der Waals surface area contributed by atoms with Gasteiger partial charge in [-0.15, -0.1) is 0 Å². The first-order valence-electron chi connectivity index (χ1n) is 5.05. The molecule has 0 aromatic heterocycles. The van der Waals surface area contributed by atoms with Crippen molar-refractivity contribution in [3.63, 3.8) is 0 Å². The molecule has 0 fully saturated rings. The van der Waals surface area contributed by atoms with Gasteiger partial charge < -0.3 is 5.73 Å². The molecule has 2 N–H and O–H groups in total. The lowest BCUT2D eigenvalue weighted by atomic mass is 10.0. The van der Waals surface area contributed by atoms with Gasteiger partial charge in [0.15, 0.2) is 0 Å². The Bertz CT molecular complexity index is 295. The van der Waals surface area contributed by atoms with E-state index in [2.05, 4.69) is 19.9 Å². The molecule has 0 unspecified atom stereocenters. The fourth-order valence-electron chi connectivity index (χ4n) is 1.43. The van der Waals surface area contributed by atoms with E-state index in [-0.39, 0.29) is 0 Å². The molecule has 0 aliphatic rings. The maximum atomic E-state index is 6.01. The van der Waals surface area contributed by atoms with E-state index in [4.69, 9.17) is 17.3 Å². The molecule has 0 atom stereocenters. The van der Waals surface area contributed by atoms with Crippen LogP contribution in [0.15, 0.2) is 12.1 Å². The van der Waals surface area contributed by atoms with Crippen LogP contribution in [0.4, 0.5) is 5.69 Å². The molecule has 0 saturated carbocycles. The minimum atomic E-state index is 0.684. The van der Waals surface area contributed by atoms with Crippen LogP contribution in [0, 0.1) is 12.8 Å². The number of nitrogens with two attached hydrogens (primary N) is 1. The second-order valence-electron chi connectivity index (χ2n) is 4.24. The molecular formula is C12H18ClN. The van der Waals surface area contributed by atoms with E-state index in [1.165, 1.54) is 12.0 Å². The second kappa shape index (κ2) is 4.70. The van der Waals surface area contributed by atoms with Gasteiger partial charge in [0.25, 0.3) is 0 Å². The predicted molar refractivity (Wildman–Crippen MR) is 63.8 cm³/mol. The van der Waals surface area contributed by atoms with Gasteiger partial charge in [-0.05, 0) is 42.9 Å². The summed E-state index contributed by atoms with van der Waals surface area (Å²) in [5.41, 5.74) is 8.85. The number of hydrogen-bond donors (Lipinski definition) is 1. The number of hydrogen-bond acceptors (Lipinski definition) is 1. The summed E-state index contributed by atoms with van der Waals surface area (Å²) in [5.74, 6) is 0.728. The number of benzene rings is 1. The van der Waals surface area contributed by atoms with Crippen molar-refractivity contribution in [3.05, 3.63) is 28.3 Å². The Morgan fingerprint density at radius 1 is 1.36 bits per heavy atom. The highest BCUT2D eigenvalue weighted by Crippen LogP contribution is 2.25. The van der Waals surface area contributed by atoms with Gasteiger partial charge in [-0.1, -0.05) is 31.5 Å². The zero-order chi connectivity index (χ0) is 10.7. The molecule has 0 spiro atoms. The second-order valence-corrected chi connectivity index (χ2v) is 4.65. The molecule has 0 amide bonds. The normalized spacial score (nSPS) is 10.9. The van der Waals surface area contributed by atoms with Crippen LogP contribution in [-0.2, 0) is 6.42 Å². The van der Waals surface area contributed by atoms with Crippen LogP contribution >= 0.6 is 11.6 Å². The standard InChI is InChI=1S/C12H18ClN/c1-8(2)4-5-10-6-9(3)12(14)11(13)7-10/h6-8H,4-5,14H2,1-3H3. The Balaban J connectivity index is 2.79. The van der Waals surface area contributed by atoms with Gasteiger partial charge in [-0.2, -0.15) is 0 Å². The van der Waals surface area contributed by atoms with Crippen LogP contribution in [0.1, 0.15) is 31.4 Å². The lowest BCUT2D eigenvalue weighted by Gasteiger charge is -2.08. The first-order valence-corrected chi connectivity index (χ1v) is 5.43. The van der Waals surface area contributed by atoms with E-state index in [1.807, 2.05) is 13.0 Å². The van der Waals surface area contributed by atoms with Gasteiger partial charge in [0.2, 0.25) is 0 Å². The summed E-state index contributed by atoms with van der Waals surface area (Å²) in [7, 11) is 0. The summed E-state index contributed by atoms with van der Waals surface area (Å²) in [4.78, 5) is 0. The van der Waals surface area contributed by atoms with Crippen molar-refractivity contribution in [2.24, 2.45) is 5.92 Å². The summed E-state index contributed by atoms with van der Waals surface area (Å²) in [6, 6.07) is 4.11. The molecule has 14 heavy (non-hydrogen) atoms. The molecular weight excluding hydrogens is 194 g/mol. The van der Waals surface area contributed by atoms with E-state index in [0.717, 1.165) is 17.9 Å². The highest BCUT2D eigenvalue weighted by molar-refractivity contribution is 6.33. The summed E-state index contributed by atoms with van der Waals surface area (Å²) < 4.78 is 0. The van der Waals surface area contributed by atoms with Gasteiger partial charge in [-0.25, -0.2) is 0 Å². The number of rotatable bonds is 3. The van der Waals surface area contributed by atoms with Crippen LogP contribution in [0.25, 0.3) is 0 Å². The molecule has 1 rings (SSSR count). The van der Waals surface area contributed by atoms with Gasteiger partial charge in [0.05, 0.1) is 10.7 Å². The summed E-state index contributed by atoms with van der Waals surface area (Å²) >= 11 is 6.01. The van der Waals surface area contributed by atoms with Crippen LogP contribution in [0.3, 0.4) is 0 Å². The summed E-state index contributed by atoms with van der Waals surface area (Å²) in [5, 5.41) is 0.684. The van der Waals surface area contributed by atoms with Crippen molar-refractivity contribution in [1.82, 2.24) is 0 Å². The number of aryl methyl sites for hydroxylation is 2. The van der Waals surface area contributed by atoms with Crippen molar-refractivity contribution >= 4 is 17.3 Å². The molecule has 0 bridgehead atoms. The minimum Gasteiger partial charge on any atom is -0.397 e. The van der Waals surface area contributed by atoms with Gasteiger partial charge in [0.1, 0.15) is 0 Å². The average molecular weight is 212 g/mol. The molecule has 1 aromatic rings. The maximum absolute atomic E-state index is 6.01. The molecule has 1 nitrogen and oxygen atoms in total. The smallest absolute Gasteiger partial charge is 0.0640 e. The summed E-state index contributed by atoms with van der Waals surface area (Å²) in [6.45, 7) is 6.46. The van der Waals surface area contributed by atoms with Crippen LogP contribution in [-0.4, -0.2) is 0 Å². The highest BCUT2D eigenvalue weighted by atomic mass is 35.5. The number of nitrogen functional groups attached to an aromatic ring is 1. The average Bonchev–Trinajstić information content (AvgIpc) is 2.10. The molecule has 0 heterocycles. The molecule has 2 heteroatoms. The minimum absolute atomic E-state index is 0.684. The molecule has 78 valence electrons. The Labute approximate surface area is 91.3 Å². The first kappa shape index (κ1) is 11.4. The monoisotopic (exact) mass is 211 g/mol. The Hall–Kier alpha value is -0.690. The lowest BCUT2D eigenvalue weighted by molar-refractivity contribution is 0.586. The van der Waals surface area contributed by atoms with Gasteiger partial charge >= 0.3 is 0 Å². The number of halogens is 1. The van der Waals surface area contributed by atoms with E-state index in [0.29, 0.717) is 10.7 Å². The highest BCUT2D eigenvalue weighted by Gasteiger charge is 2.03. The Morgan fingerprint density at radius 2 is 2.00 bits per heavy atom. The largest absolute Gasteiger partial charge is 0.397 e. The summed E-state index contributed by atoms with van der Waals surface area (Å²) in [6.07, 6.45) is 2.28. The molecule has 0 aliphatic carbocycles. The lowest BCUT2D eigenvalue weighted by Crippen LogP contribution is -1.96. The van der Waals surface area contributed by atoms with Crippen molar-refractivity contribution in [1.29, 1.82) is 0 Å². The van der Waals surface area contributed by atoms with Crippen LogP contribution in [0.2, 0.25) is 5.02 Å².